The van der Waals surface area contributed by atoms with Crippen molar-refractivity contribution in [2.75, 3.05) is 18.4 Å². The van der Waals surface area contributed by atoms with E-state index < -0.39 is 0 Å². The first kappa shape index (κ1) is 19.9. The Labute approximate surface area is 190 Å². The lowest BCUT2D eigenvalue weighted by Gasteiger charge is -2.22. The highest BCUT2D eigenvalue weighted by Gasteiger charge is 2.20. The molecule has 2 aromatic heterocycles. The van der Waals surface area contributed by atoms with Crippen molar-refractivity contribution in [1.82, 2.24) is 14.9 Å². The van der Waals surface area contributed by atoms with Crippen LogP contribution in [0.3, 0.4) is 0 Å². The summed E-state index contributed by atoms with van der Waals surface area (Å²) in [5.74, 6) is 1.38. The molecule has 2 aromatic carbocycles. The molecule has 1 saturated heterocycles. The van der Waals surface area contributed by atoms with Gasteiger partial charge in [0.05, 0.1) is 0 Å². The summed E-state index contributed by atoms with van der Waals surface area (Å²) < 4.78 is 2.29. The zero-order valence-corrected chi connectivity index (χ0v) is 19.1. The van der Waals surface area contributed by atoms with Gasteiger partial charge in [0, 0.05) is 52.6 Å². The van der Waals surface area contributed by atoms with Crippen molar-refractivity contribution in [2.24, 2.45) is 7.05 Å². The second-order valence-corrected chi connectivity index (χ2v) is 9.92. The number of aromatic nitrogens is 2. The normalized spacial score (nSPS) is 18.5. The van der Waals surface area contributed by atoms with Gasteiger partial charge in [-0.1, -0.05) is 25.3 Å². The van der Waals surface area contributed by atoms with E-state index in [9.17, 15) is 0 Å². The Morgan fingerprint density at radius 1 is 0.812 bits per heavy atom. The summed E-state index contributed by atoms with van der Waals surface area (Å²) in [7, 11) is 2.17. The average Bonchev–Trinajstić information content (AvgIpc) is 3.41. The predicted molar refractivity (Wildman–Crippen MR) is 135 cm³/mol. The number of nitrogens with one attached hydrogen (secondary N) is 3. The monoisotopic (exact) mass is 426 g/mol. The van der Waals surface area contributed by atoms with Gasteiger partial charge in [-0.25, -0.2) is 0 Å². The zero-order valence-electron chi connectivity index (χ0n) is 19.1. The summed E-state index contributed by atoms with van der Waals surface area (Å²) in [6, 6.07) is 13.6. The van der Waals surface area contributed by atoms with Crippen LogP contribution in [-0.2, 0) is 7.05 Å². The quantitative estimate of drug-likeness (QED) is 0.332. The molecule has 1 aliphatic heterocycles. The van der Waals surface area contributed by atoms with Crippen molar-refractivity contribution in [3.8, 4) is 0 Å². The van der Waals surface area contributed by atoms with Gasteiger partial charge in [-0.3, -0.25) is 0 Å². The van der Waals surface area contributed by atoms with Crippen LogP contribution < -0.4 is 10.6 Å². The van der Waals surface area contributed by atoms with E-state index in [-0.39, 0.29) is 0 Å². The zero-order chi connectivity index (χ0) is 21.5. The largest absolute Gasteiger partial charge is 0.361 e. The van der Waals surface area contributed by atoms with Crippen LogP contribution in [0, 0.1) is 0 Å². The molecule has 1 saturated carbocycles. The number of anilines is 2. The fourth-order valence-corrected chi connectivity index (χ4v) is 6.10. The molecule has 2 fully saturated rings. The molecule has 32 heavy (non-hydrogen) atoms. The van der Waals surface area contributed by atoms with Gasteiger partial charge < -0.3 is 20.2 Å². The van der Waals surface area contributed by atoms with Gasteiger partial charge in [0.1, 0.15) is 0 Å². The van der Waals surface area contributed by atoms with E-state index in [0.29, 0.717) is 5.92 Å². The third-order valence-corrected chi connectivity index (χ3v) is 7.85. The Bertz CT molecular complexity index is 1240. The SMILES string of the molecule is Cn1cc(C2CCNCC2)c2cc(Nc3ccc4c(C5CCCCC5)c[nH]c4c3)ccc21. The van der Waals surface area contributed by atoms with E-state index in [1.54, 1.807) is 0 Å². The predicted octanol–water partition coefficient (Wildman–Crippen LogP) is 6.92. The Kier molecular flexibility index (Phi) is 5.18. The summed E-state index contributed by atoms with van der Waals surface area (Å²) in [5, 5.41) is 9.96. The highest BCUT2D eigenvalue weighted by atomic mass is 14.9. The van der Waals surface area contributed by atoms with Crippen molar-refractivity contribution in [2.45, 2.75) is 56.8 Å². The first-order valence-electron chi connectivity index (χ1n) is 12.4. The molecule has 0 bridgehead atoms. The van der Waals surface area contributed by atoms with Crippen molar-refractivity contribution in [1.29, 1.82) is 0 Å². The number of H-pyrrole nitrogens is 1. The van der Waals surface area contributed by atoms with Gasteiger partial charge >= 0.3 is 0 Å². The third kappa shape index (κ3) is 3.61. The minimum atomic E-state index is 0.656. The van der Waals surface area contributed by atoms with Crippen LogP contribution in [-0.4, -0.2) is 22.6 Å². The second-order valence-electron chi connectivity index (χ2n) is 9.92. The minimum Gasteiger partial charge on any atom is -0.361 e. The molecular formula is C28H34N4. The number of nitrogens with zero attached hydrogens (tertiary/aromatic N) is 1. The molecule has 4 heteroatoms. The van der Waals surface area contributed by atoms with Gasteiger partial charge in [-0.2, -0.15) is 0 Å². The lowest BCUT2D eigenvalue weighted by Crippen LogP contribution is -2.26. The lowest BCUT2D eigenvalue weighted by atomic mass is 9.84. The van der Waals surface area contributed by atoms with Crippen LogP contribution in [0.2, 0.25) is 0 Å². The molecule has 4 nitrogen and oxygen atoms in total. The van der Waals surface area contributed by atoms with Gasteiger partial charge in [0.2, 0.25) is 0 Å². The third-order valence-electron chi connectivity index (χ3n) is 7.85. The second kappa shape index (κ2) is 8.32. The fraction of sp³-hybridized carbons (Fsp3) is 0.429. The fourth-order valence-electron chi connectivity index (χ4n) is 6.10. The van der Waals surface area contributed by atoms with Crippen molar-refractivity contribution < 1.29 is 0 Å². The molecule has 3 N–H and O–H groups in total. The Morgan fingerprint density at radius 2 is 1.56 bits per heavy atom. The molecule has 0 spiro atoms. The topological polar surface area (TPSA) is 44.8 Å². The van der Waals surface area contributed by atoms with Crippen molar-refractivity contribution >= 4 is 33.2 Å². The first-order valence-corrected chi connectivity index (χ1v) is 12.4. The standard InChI is InChI=1S/C28H34N4/c1-32-18-26(20-11-13-29-14-12-20)24-15-21(8-10-28(24)32)31-22-7-9-23-25(17-30-27(23)16-22)19-5-3-2-4-6-19/h7-10,15-20,29-31H,2-6,11-14H2,1H3. The molecule has 0 radical (unpaired) electrons. The van der Waals surface area contributed by atoms with Crippen LogP contribution >= 0.6 is 0 Å². The maximum absolute atomic E-state index is 3.67. The summed E-state index contributed by atoms with van der Waals surface area (Å²) in [6.45, 7) is 2.25. The number of aryl methyl sites for hydroxylation is 1. The number of rotatable bonds is 4. The molecule has 1 aliphatic carbocycles. The number of benzene rings is 2. The Hall–Kier alpha value is -2.72. The van der Waals surface area contributed by atoms with Crippen LogP contribution in [0.4, 0.5) is 11.4 Å². The van der Waals surface area contributed by atoms with E-state index in [4.69, 9.17) is 0 Å². The summed E-state index contributed by atoms with van der Waals surface area (Å²) in [5.41, 5.74) is 7.89. The number of fused-ring (bicyclic) bond motifs is 2. The van der Waals surface area contributed by atoms with Gasteiger partial charge in [0.15, 0.2) is 0 Å². The molecule has 4 aromatic rings. The molecule has 6 rings (SSSR count). The number of aromatic amines is 1. The van der Waals surface area contributed by atoms with E-state index in [1.807, 2.05) is 0 Å². The molecule has 0 unspecified atom stereocenters. The summed E-state index contributed by atoms with van der Waals surface area (Å²) >= 11 is 0. The van der Waals surface area contributed by atoms with Crippen LogP contribution in [0.5, 0.6) is 0 Å². The molecule has 0 amide bonds. The maximum atomic E-state index is 3.67. The minimum absolute atomic E-state index is 0.656. The highest BCUT2D eigenvalue weighted by molar-refractivity contribution is 5.90. The smallest absolute Gasteiger partial charge is 0.0482 e. The lowest BCUT2D eigenvalue weighted by molar-refractivity contribution is 0.445. The number of hydrogen-bond donors (Lipinski definition) is 3. The maximum Gasteiger partial charge on any atom is 0.0482 e. The molecule has 166 valence electrons. The van der Waals surface area contributed by atoms with Crippen LogP contribution in [0.1, 0.15) is 67.9 Å². The van der Waals surface area contributed by atoms with E-state index in [2.05, 4.69) is 76.0 Å². The van der Waals surface area contributed by atoms with Gasteiger partial charge in [0.25, 0.3) is 0 Å². The van der Waals surface area contributed by atoms with Gasteiger partial charge in [-0.15, -0.1) is 0 Å². The van der Waals surface area contributed by atoms with Crippen molar-refractivity contribution in [3.63, 3.8) is 0 Å². The Balaban J connectivity index is 1.29. The molecule has 2 aliphatic rings. The summed E-state index contributed by atoms with van der Waals surface area (Å²) in [6.07, 6.45) is 13.9. The molecular weight excluding hydrogens is 392 g/mol. The molecule has 0 atom stereocenters. The van der Waals surface area contributed by atoms with E-state index >= 15 is 0 Å². The van der Waals surface area contributed by atoms with Crippen LogP contribution in [0.25, 0.3) is 21.8 Å². The highest BCUT2D eigenvalue weighted by Crippen LogP contribution is 2.38. The molecule has 3 heterocycles. The van der Waals surface area contributed by atoms with E-state index in [0.717, 1.165) is 30.4 Å². The summed E-state index contributed by atoms with van der Waals surface area (Å²) in [4.78, 5) is 3.55. The average molecular weight is 427 g/mol. The van der Waals surface area contributed by atoms with E-state index in [1.165, 1.54) is 77.9 Å². The number of piperidine rings is 1. The first-order chi connectivity index (χ1) is 15.8. The van der Waals surface area contributed by atoms with Gasteiger partial charge in [-0.05, 0) is 92.1 Å². The van der Waals surface area contributed by atoms with Crippen LogP contribution in [0.15, 0.2) is 48.8 Å². The number of hydrogen-bond acceptors (Lipinski definition) is 2. The Morgan fingerprint density at radius 3 is 2.41 bits per heavy atom. The van der Waals surface area contributed by atoms with Crippen molar-refractivity contribution in [3.05, 3.63) is 59.9 Å².